The summed E-state index contributed by atoms with van der Waals surface area (Å²) in [5.74, 6) is 1.41. The zero-order chi connectivity index (χ0) is 20.2. The van der Waals surface area contributed by atoms with Gasteiger partial charge in [-0.25, -0.2) is 9.97 Å². The van der Waals surface area contributed by atoms with Crippen LogP contribution in [0, 0.1) is 11.3 Å². The third-order valence-corrected chi connectivity index (χ3v) is 5.29. The van der Waals surface area contributed by atoms with Crippen LogP contribution in [0.5, 0.6) is 0 Å². The Balaban J connectivity index is 1.63. The van der Waals surface area contributed by atoms with Crippen LogP contribution in [0.1, 0.15) is 28.4 Å². The Morgan fingerprint density at radius 1 is 1.14 bits per heavy atom. The van der Waals surface area contributed by atoms with Gasteiger partial charge in [-0.2, -0.15) is 5.26 Å². The van der Waals surface area contributed by atoms with Crippen molar-refractivity contribution in [3.8, 4) is 11.9 Å². The van der Waals surface area contributed by atoms with Crippen LogP contribution in [-0.4, -0.2) is 19.5 Å². The van der Waals surface area contributed by atoms with Crippen molar-refractivity contribution in [3.05, 3.63) is 111 Å². The Labute approximate surface area is 175 Å². The second kappa shape index (κ2) is 8.25. The number of rotatable bonds is 5. The predicted molar refractivity (Wildman–Crippen MR) is 113 cm³/mol. The van der Waals surface area contributed by atoms with Crippen molar-refractivity contribution in [3.63, 3.8) is 0 Å². The lowest BCUT2D eigenvalue weighted by Crippen LogP contribution is -2.18. The summed E-state index contributed by atoms with van der Waals surface area (Å²) in [4.78, 5) is 24.4. The highest BCUT2D eigenvalue weighted by molar-refractivity contribution is 9.10. The minimum Gasteiger partial charge on any atom is -0.348 e. The van der Waals surface area contributed by atoms with Crippen LogP contribution in [0.25, 0.3) is 5.82 Å². The molecule has 7 heteroatoms. The first kappa shape index (κ1) is 18.8. The van der Waals surface area contributed by atoms with Crippen LogP contribution in [0.3, 0.4) is 0 Å². The average Bonchev–Trinajstić information content (AvgIpc) is 3.29. The molecule has 0 saturated carbocycles. The topological polar surface area (TPSA) is 87.4 Å². The molecule has 0 spiro atoms. The first-order valence-corrected chi connectivity index (χ1v) is 9.77. The summed E-state index contributed by atoms with van der Waals surface area (Å²) in [6.07, 6.45) is 7.68. The van der Waals surface area contributed by atoms with Crippen molar-refractivity contribution in [1.29, 1.82) is 5.26 Å². The fourth-order valence-electron chi connectivity index (χ4n) is 3.19. The molecule has 0 aliphatic heterocycles. The summed E-state index contributed by atoms with van der Waals surface area (Å²) in [7, 11) is 0. The van der Waals surface area contributed by atoms with E-state index in [0.717, 1.165) is 17.0 Å². The number of benzene rings is 1. The quantitative estimate of drug-likeness (QED) is 0.503. The normalized spacial score (nSPS) is 11.7. The summed E-state index contributed by atoms with van der Waals surface area (Å²) < 4.78 is 1.99. The lowest BCUT2D eigenvalue weighted by molar-refractivity contribution is 0.748. The zero-order valence-corrected chi connectivity index (χ0v) is 16.9. The number of nitrogens with zero attached hydrogens (tertiary/aromatic N) is 4. The molecule has 0 aliphatic rings. The third kappa shape index (κ3) is 4.03. The molecule has 29 heavy (non-hydrogen) atoms. The van der Waals surface area contributed by atoms with Crippen molar-refractivity contribution in [2.75, 3.05) is 0 Å². The van der Waals surface area contributed by atoms with Crippen molar-refractivity contribution >= 4 is 15.9 Å². The highest BCUT2D eigenvalue weighted by Crippen LogP contribution is 2.26. The molecule has 3 aromatic heterocycles. The number of aromatic amines is 1. The summed E-state index contributed by atoms with van der Waals surface area (Å²) in [6, 6.07) is 17.0. The van der Waals surface area contributed by atoms with E-state index in [1.54, 1.807) is 36.9 Å². The van der Waals surface area contributed by atoms with Gasteiger partial charge in [0.2, 0.25) is 0 Å². The average molecular weight is 446 g/mol. The van der Waals surface area contributed by atoms with Gasteiger partial charge in [0.1, 0.15) is 11.6 Å². The molecule has 1 N–H and O–H groups in total. The van der Waals surface area contributed by atoms with E-state index >= 15 is 0 Å². The SMILES string of the molecule is N#Cc1ccc(C(Cc2ccc(-n3cccc(Br)c3=O)nc2)c2ncc[nH]2)cc1. The maximum Gasteiger partial charge on any atom is 0.270 e. The number of H-pyrrole nitrogens is 1. The van der Waals surface area contributed by atoms with Gasteiger partial charge in [-0.3, -0.25) is 9.36 Å². The third-order valence-electron chi connectivity index (χ3n) is 4.69. The molecule has 4 rings (SSSR count). The van der Waals surface area contributed by atoms with E-state index < -0.39 is 0 Å². The molecule has 1 aromatic carbocycles. The lowest BCUT2D eigenvalue weighted by Gasteiger charge is -2.16. The van der Waals surface area contributed by atoms with Crippen LogP contribution in [-0.2, 0) is 6.42 Å². The smallest absolute Gasteiger partial charge is 0.270 e. The minimum absolute atomic E-state index is 0.000940. The number of hydrogen-bond acceptors (Lipinski definition) is 4. The maximum absolute atomic E-state index is 12.3. The Hall–Kier alpha value is -3.50. The fraction of sp³-hybridized carbons (Fsp3) is 0.0909. The molecular formula is C22H16BrN5O. The molecule has 142 valence electrons. The van der Waals surface area contributed by atoms with Crippen molar-refractivity contribution in [2.24, 2.45) is 0 Å². The largest absolute Gasteiger partial charge is 0.348 e. The number of nitriles is 1. The molecule has 0 aliphatic carbocycles. The van der Waals surface area contributed by atoms with Gasteiger partial charge in [-0.1, -0.05) is 18.2 Å². The van der Waals surface area contributed by atoms with Gasteiger partial charge in [0, 0.05) is 30.7 Å². The van der Waals surface area contributed by atoms with Crippen molar-refractivity contribution in [1.82, 2.24) is 19.5 Å². The number of aromatic nitrogens is 4. The Morgan fingerprint density at radius 2 is 1.97 bits per heavy atom. The summed E-state index contributed by atoms with van der Waals surface area (Å²) in [5.41, 5.74) is 2.55. The molecule has 6 nitrogen and oxygen atoms in total. The number of nitrogens with one attached hydrogen (secondary N) is 1. The lowest BCUT2D eigenvalue weighted by atomic mass is 9.91. The van der Waals surface area contributed by atoms with Gasteiger partial charge in [0.15, 0.2) is 0 Å². The molecule has 1 unspecified atom stereocenters. The van der Waals surface area contributed by atoms with Gasteiger partial charge >= 0.3 is 0 Å². The second-order valence-electron chi connectivity index (χ2n) is 6.52. The van der Waals surface area contributed by atoms with Gasteiger partial charge in [0.25, 0.3) is 5.56 Å². The van der Waals surface area contributed by atoms with E-state index in [2.05, 4.69) is 37.0 Å². The predicted octanol–water partition coefficient (Wildman–Crippen LogP) is 3.96. The minimum atomic E-state index is -0.154. The highest BCUT2D eigenvalue weighted by Gasteiger charge is 2.18. The zero-order valence-electron chi connectivity index (χ0n) is 15.3. The van der Waals surface area contributed by atoms with E-state index in [0.29, 0.717) is 22.3 Å². The van der Waals surface area contributed by atoms with E-state index in [1.807, 2.05) is 36.4 Å². The van der Waals surface area contributed by atoms with Gasteiger partial charge in [-0.15, -0.1) is 0 Å². The Kier molecular flexibility index (Phi) is 5.36. The number of imidazole rings is 1. The van der Waals surface area contributed by atoms with Crippen LogP contribution in [0.4, 0.5) is 0 Å². The van der Waals surface area contributed by atoms with Crippen LogP contribution in [0.15, 0.2) is 82.6 Å². The molecule has 0 fully saturated rings. The number of hydrogen-bond donors (Lipinski definition) is 1. The van der Waals surface area contributed by atoms with Crippen LogP contribution < -0.4 is 5.56 Å². The van der Waals surface area contributed by atoms with E-state index in [-0.39, 0.29) is 11.5 Å². The van der Waals surface area contributed by atoms with E-state index in [9.17, 15) is 4.79 Å². The molecular weight excluding hydrogens is 430 g/mol. The second-order valence-corrected chi connectivity index (χ2v) is 7.38. The Bertz CT molecular complexity index is 1210. The molecule has 0 radical (unpaired) electrons. The molecule has 0 amide bonds. The molecule has 3 heterocycles. The Morgan fingerprint density at radius 3 is 2.62 bits per heavy atom. The van der Waals surface area contributed by atoms with E-state index in [1.165, 1.54) is 4.57 Å². The summed E-state index contributed by atoms with van der Waals surface area (Å²) in [5, 5.41) is 9.04. The van der Waals surface area contributed by atoms with Crippen LogP contribution >= 0.6 is 15.9 Å². The first-order chi connectivity index (χ1) is 14.2. The maximum atomic E-state index is 12.3. The number of halogens is 1. The van der Waals surface area contributed by atoms with Crippen molar-refractivity contribution in [2.45, 2.75) is 12.3 Å². The highest BCUT2D eigenvalue weighted by atomic mass is 79.9. The fourth-order valence-corrected chi connectivity index (χ4v) is 3.54. The van der Waals surface area contributed by atoms with E-state index in [4.69, 9.17) is 5.26 Å². The van der Waals surface area contributed by atoms with Crippen molar-refractivity contribution < 1.29 is 0 Å². The monoisotopic (exact) mass is 445 g/mol. The number of pyridine rings is 2. The van der Waals surface area contributed by atoms with Crippen LogP contribution in [0.2, 0.25) is 0 Å². The summed E-state index contributed by atoms with van der Waals surface area (Å²) in [6.45, 7) is 0. The van der Waals surface area contributed by atoms with Gasteiger partial charge in [-0.05, 0) is 63.8 Å². The summed E-state index contributed by atoms with van der Waals surface area (Å²) >= 11 is 3.26. The molecule has 1 atom stereocenters. The molecule has 0 saturated heterocycles. The van der Waals surface area contributed by atoms with Gasteiger partial charge < -0.3 is 4.98 Å². The molecule has 4 aromatic rings. The van der Waals surface area contributed by atoms with Gasteiger partial charge in [0.05, 0.1) is 16.1 Å². The standard InChI is InChI=1S/C22H16BrN5O/c23-19-2-1-11-28(22(19)29)20-8-5-16(14-27-20)12-18(21-25-9-10-26-21)17-6-3-15(13-24)4-7-17/h1-11,14,18H,12H2,(H,25,26). The first-order valence-electron chi connectivity index (χ1n) is 8.97. The molecule has 0 bridgehead atoms.